The van der Waals surface area contributed by atoms with Gasteiger partial charge in [0.25, 0.3) is 0 Å². The van der Waals surface area contributed by atoms with Gasteiger partial charge in [0, 0.05) is 0 Å². The van der Waals surface area contributed by atoms with Crippen molar-refractivity contribution in [2.24, 2.45) is 0 Å². The van der Waals surface area contributed by atoms with Crippen LogP contribution in [0.5, 0.6) is 0 Å². The highest BCUT2D eigenvalue weighted by Crippen LogP contribution is 2.14. The number of rotatable bonds is 23. The Morgan fingerprint density at radius 3 is 0.962 bits per heavy atom. The lowest BCUT2D eigenvalue weighted by Crippen LogP contribution is -1.95. The molecule has 0 bridgehead atoms. The molecule has 0 radical (unpaired) electrons. The summed E-state index contributed by atoms with van der Waals surface area (Å²) in [5.74, 6) is 0. The fourth-order valence-corrected chi connectivity index (χ4v) is 3.56. The summed E-state index contributed by atoms with van der Waals surface area (Å²) >= 11 is 0. The Labute approximate surface area is 165 Å². The molecule has 0 unspecified atom stereocenters. The fraction of sp³-hybridized carbons (Fsp3) is 1.00. The summed E-state index contributed by atoms with van der Waals surface area (Å²) in [6.45, 7) is 5.66. The van der Waals surface area contributed by atoms with Crippen molar-refractivity contribution < 1.29 is 9.78 Å². The maximum absolute atomic E-state index is 5.02. The molecular weight excluding hydrogens is 320 g/mol. The second-order valence-corrected chi connectivity index (χ2v) is 7.95. The van der Waals surface area contributed by atoms with E-state index in [1.165, 1.54) is 122 Å². The van der Waals surface area contributed by atoms with E-state index in [-0.39, 0.29) is 0 Å². The van der Waals surface area contributed by atoms with E-state index in [1.54, 1.807) is 0 Å². The Morgan fingerprint density at radius 1 is 0.346 bits per heavy atom. The van der Waals surface area contributed by atoms with Crippen molar-refractivity contribution in [2.45, 2.75) is 142 Å². The van der Waals surface area contributed by atoms with Crippen LogP contribution in [0.15, 0.2) is 0 Å². The Balaban J connectivity index is 2.95. The first-order valence-electron chi connectivity index (χ1n) is 12.2. The normalized spacial score (nSPS) is 11.3. The number of hydrogen-bond donors (Lipinski definition) is 0. The molecule has 0 spiro atoms. The molecule has 158 valence electrons. The first kappa shape index (κ1) is 25.9. The Bertz CT molecular complexity index is 206. The Kier molecular flexibility index (Phi) is 24.8. The highest BCUT2D eigenvalue weighted by molar-refractivity contribution is 4.50. The molecule has 0 fully saturated rings. The van der Waals surface area contributed by atoms with E-state index in [0.29, 0.717) is 6.61 Å². The third-order valence-electron chi connectivity index (χ3n) is 5.28. The zero-order valence-electron chi connectivity index (χ0n) is 18.4. The quantitative estimate of drug-likeness (QED) is 0.102. The van der Waals surface area contributed by atoms with Gasteiger partial charge in [0.2, 0.25) is 0 Å². The molecule has 0 rings (SSSR count). The van der Waals surface area contributed by atoms with Gasteiger partial charge in [-0.25, -0.2) is 9.78 Å². The van der Waals surface area contributed by atoms with Gasteiger partial charge in [0.1, 0.15) is 0 Å². The van der Waals surface area contributed by atoms with E-state index < -0.39 is 0 Å². The maximum atomic E-state index is 5.02. The lowest BCUT2D eigenvalue weighted by atomic mass is 10.0. The lowest BCUT2D eigenvalue weighted by Gasteiger charge is -2.04. The van der Waals surface area contributed by atoms with Crippen molar-refractivity contribution in [3.63, 3.8) is 0 Å². The van der Waals surface area contributed by atoms with Crippen LogP contribution >= 0.6 is 0 Å². The van der Waals surface area contributed by atoms with Gasteiger partial charge < -0.3 is 0 Å². The molecule has 0 aromatic carbocycles. The van der Waals surface area contributed by atoms with E-state index in [0.717, 1.165) is 13.0 Å². The van der Waals surface area contributed by atoms with Gasteiger partial charge in [-0.05, 0) is 13.3 Å². The van der Waals surface area contributed by atoms with Gasteiger partial charge in [-0.15, -0.1) is 0 Å². The predicted molar refractivity (Wildman–Crippen MR) is 116 cm³/mol. The van der Waals surface area contributed by atoms with Crippen LogP contribution in [0, 0.1) is 0 Å². The molecule has 2 nitrogen and oxygen atoms in total. The van der Waals surface area contributed by atoms with E-state index in [1.807, 2.05) is 6.92 Å². The predicted octanol–water partition coefficient (Wildman–Crippen LogP) is 8.78. The summed E-state index contributed by atoms with van der Waals surface area (Å²) in [4.78, 5) is 9.89. The van der Waals surface area contributed by atoms with Crippen LogP contribution in [-0.2, 0) is 9.78 Å². The SMILES string of the molecule is CCCCCCCCCCCCCCCCCCCCCCOOCC. The largest absolute Gasteiger partial charge is 0.237 e. The third kappa shape index (κ3) is 23.9. The van der Waals surface area contributed by atoms with Crippen molar-refractivity contribution in [2.75, 3.05) is 13.2 Å². The van der Waals surface area contributed by atoms with Gasteiger partial charge in [0.15, 0.2) is 0 Å². The Morgan fingerprint density at radius 2 is 0.654 bits per heavy atom. The first-order valence-corrected chi connectivity index (χ1v) is 12.2. The average molecular weight is 371 g/mol. The van der Waals surface area contributed by atoms with Crippen LogP contribution < -0.4 is 0 Å². The van der Waals surface area contributed by atoms with Crippen LogP contribution in [0.4, 0.5) is 0 Å². The van der Waals surface area contributed by atoms with Crippen molar-refractivity contribution >= 4 is 0 Å². The molecule has 0 aromatic rings. The molecule has 0 aliphatic carbocycles. The van der Waals surface area contributed by atoms with E-state index in [9.17, 15) is 0 Å². The zero-order chi connectivity index (χ0) is 19.0. The van der Waals surface area contributed by atoms with E-state index in [2.05, 4.69) is 6.92 Å². The second kappa shape index (κ2) is 24.9. The van der Waals surface area contributed by atoms with Gasteiger partial charge in [-0.2, -0.15) is 0 Å². The summed E-state index contributed by atoms with van der Waals surface area (Å²) in [5.41, 5.74) is 0. The standard InChI is InChI=1S/C24H50O2/c1-3-5-6-7-8-9-10-11-12-13-14-15-16-17-18-19-20-21-22-23-24-26-25-4-2/h3-24H2,1-2H3. The molecule has 0 N–H and O–H groups in total. The molecule has 0 aliphatic rings. The highest BCUT2D eigenvalue weighted by Gasteiger charge is 1.95. The van der Waals surface area contributed by atoms with Crippen molar-refractivity contribution in [1.82, 2.24) is 0 Å². The highest BCUT2D eigenvalue weighted by atomic mass is 17.2. The molecule has 2 heteroatoms. The topological polar surface area (TPSA) is 18.5 Å². The monoisotopic (exact) mass is 370 g/mol. The minimum atomic E-state index is 0.652. The van der Waals surface area contributed by atoms with E-state index >= 15 is 0 Å². The molecule has 0 aliphatic heterocycles. The maximum Gasteiger partial charge on any atom is 0.0822 e. The van der Waals surface area contributed by atoms with Gasteiger partial charge in [-0.1, -0.05) is 129 Å². The summed E-state index contributed by atoms with van der Waals surface area (Å²) in [5, 5.41) is 0. The molecule has 26 heavy (non-hydrogen) atoms. The summed E-state index contributed by atoms with van der Waals surface area (Å²) in [6.07, 6.45) is 28.4. The minimum absolute atomic E-state index is 0.652. The first-order chi connectivity index (χ1) is 12.9. The van der Waals surface area contributed by atoms with Crippen LogP contribution in [0.3, 0.4) is 0 Å². The molecule has 0 amide bonds. The molecule has 0 atom stereocenters. The number of unbranched alkanes of at least 4 members (excludes halogenated alkanes) is 19. The Hall–Kier alpha value is -0.0800. The van der Waals surface area contributed by atoms with Crippen LogP contribution in [-0.4, -0.2) is 13.2 Å². The minimum Gasteiger partial charge on any atom is -0.237 e. The van der Waals surface area contributed by atoms with E-state index in [4.69, 9.17) is 9.78 Å². The summed E-state index contributed by atoms with van der Waals surface area (Å²) in [7, 11) is 0. The lowest BCUT2D eigenvalue weighted by molar-refractivity contribution is -0.291. The van der Waals surface area contributed by atoms with Gasteiger partial charge >= 0.3 is 0 Å². The molecule has 0 heterocycles. The summed E-state index contributed by atoms with van der Waals surface area (Å²) < 4.78 is 0. The van der Waals surface area contributed by atoms with Gasteiger partial charge in [0.05, 0.1) is 13.2 Å². The van der Waals surface area contributed by atoms with Gasteiger partial charge in [-0.3, -0.25) is 0 Å². The van der Waals surface area contributed by atoms with Crippen molar-refractivity contribution in [3.05, 3.63) is 0 Å². The summed E-state index contributed by atoms with van der Waals surface area (Å²) in [6, 6.07) is 0. The van der Waals surface area contributed by atoms with Crippen LogP contribution in [0.25, 0.3) is 0 Å². The third-order valence-corrected chi connectivity index (χ3v) is 5.28. The zero-order valence-corrected chi connectivity index (χ0v) is 18.4. The van der Waals surface area contributed by atoms with Crippen LogP contribution in [0.2, 0.25) is 0 Å². The number of hydrogen-bond acceptors (Lipinski definition) is 2. The molecule has 0 saturated heterocycles. The fourth-order valence-electron chi connectivity index (χ4n) is 3.56. The van der Waals surface area contributed by atoms with Crippen LogP contribution in [0.1, 0.15) is 142 Å². The molecule has 0 saturated carbocycles. The molecule has 0 aromatic heterocycles. The average Bonchev–Trinajstić information content (AvgIpc) is 2.66. The molecular formula is C24H50O2. The second-order valence-electron chi connectivity index (χ2n) is 7.95. The smallest absolute Gasteiger partial charge is 0.0822 e. The van der Waals surface area contributed by atoms with Crippen molar-refractivity contribution in [3.8, 4) is 0 Å². The van der Waals surface area contributed by atoms with Crippen molar-refractivity contribution in [1.29, 1.82) is 0 Å².